The van der Waals surface area contributed by atoms with E-state index in [4.69, 9.17) is 4.74 Å². The highest BCUT2D eigenvalue weighted by Crippen LogP contribution is 2.36. The lowest BCUT2D eigenvalue weighted by Gasteiger charge is -2.16. The maximum absolute atomic E-state index is 12.8. The van der Waals surface area contributed by atoms with Crippen molar-refractivity contribution in [1.29, 1.82) is 0 Å². The zero-order valence-corrected chi connectivity index (χ0v) is 16.4. The maximum Gasteiger partial charge on any atom is 0.269 e. The molecule has 1 amide bonds. The van der Waals surface area contributed by atoms with E-state index in [1.807, 2.05) is 18.2 Å². The number of anilines is 1. The predicted molar refractivity (Wildman–Crippen MR) is 110 cm³/mol. The van der Waals surface area contributed by atoms with Gasteiger partial charge in [0.1, 0.15) is 11.6 Å². The van der Waals surface area contributed by atoms with Crippen LogP contribution >= 0.6 is 11.8 Å². The Bertz CT molecular complexity index is 1050. The second kappa shape index (κ2) is 7.96. The Morgan fingerprint density at radius 2 is 1.93 bits per heavy atom. The highest BCUT2D eigenvalue weighted by molar-refractivity contribution is 7.98. The van der Waals surface area contributed by atoms with Crippen LogP contribution in [0.15, 0.2) is 54.6 Å². The average molecular weight is 410 g/mol. The van der Waals surface area contributed by atoms with Gasteiger partial charge in [-0.25, -0.2) is 4.68 Å². The minimum Gasteiger partial charge on any atom is -0.481 e. The lowest BCUT2D eigenvalue weighted by Crippen LogP contribution is -2.31. The first kappa shape index (κ1) is 19.0. The van der Waals surface area contributed by atoms with Gasteiger partial charge < -0.3 is 10.1 Å². The number of nitrogens with one attached hydrogen (secondary N) is 1. The fourth-order valence-corrected chi connectivity index (χ4v) is 4.05. The number of amides is 1. The highest BCUT2D eigenvalue weighted by Gasteiger charge is 2.26. The molecule has 0 spiro atoms. The third-order valence-electron chi connectivity index (χ3n) is 4.52. The number of fused-ring (bicyclic) bond motifs is 1. The molecule has 9 heteroatoms. The predicted octanol–water partition coefficient (Wildman–Crippen LogP) is 3.93. The molecule has 0 saturated carbocycles. The zero-order chi connectivity index (χ0) is 20.4. The Morgan fingerprint density at radius 1 is 1.21 bits per heavy atom. The van der Waals surface area contributed by atoms with Gasteiger partial charge in [0.15, 0.2) is 6.10 Å². The Labute approximate surface area is 171 Å². The third-order valence-corrected chi connectivity index (χ3v) is 5.49. The normalized spacial score (nSPS) is 13.6. The molecule has 2 heterocycles. The van der Waals surface area contributed by atoms with Crippen molar-refractivity contribution in [3.63, 3.8) is 0 Å². The molecule has 0 unspecified atom stereocenters. The number of carbonyl (C=O) groups is 1. The molecule has 4 rings (SSSR count). The molecule has 1 N–H and O–H groups in total. The van der Waals surface area contributed by atoms with Crippen LogP contribution < -0.4 is 10.1 Å². The lowest BCUT2D eigenvalue weighted by atomic mass is 10.2. The van der Waals surface area contributed by atoms with Crippen molar-refractivity contribution >= 4 is 29.2 Å². The summed E-state index contributed by atoms with van der Waals surface area (Å²) in [6.07, 6.45) is -0.706. The summed E-state index contributed by atoms with van der Waals surface area (Å²) in [7, 11) is 0. The molecule has 8 nitrogen and oxygen atoms in total. The van der Waals surface area contributed by atoms with E-state index in [9.17, 15) is 14.9 Å². The zero-order valence-electron chi connectivity index (χ0n) is 15.6. The number of hydrogen-bond donors (Lipinski definition) is 1. The van der Waals surface area contributed by atoms with E-state index >= 15 is 0 Å². The number of non-ortho nitro benzene ring substituents is 1. The summed E-state index contributed by atoms with van der Waals surface area (Å²) < 4.78 is 7.34. The molecular formula is C20H18N4O4S. The van der Waals surface area contributed by atoms with E-state index in [-0.39, 0.29) is 11.6 Å². The average Bonchev–Trinajstić information content (AvgIpc) is 3.31. The number of nitro groups is 1. The van der Waals surface area contributed by atoms with Crippen LogP contribution in [-0.4, -0.2) is 26.7 Å². The fourth-order valence-electron chi connectivity index (χ4n) is 3.02. The summed E-state index contributed by atoms with van der Waals surface area (Å²) in [6, 6.07) is 15.2. The minimum atomic E-state index is -0.706. The summed E-state index contributed by atoms with van der Waals surface area (Å²) in [4.78, 5) is 23.2. The molecule has 0 bridgehead atoms. The molecule has 1 aliphatic rings. The van der Waals surface area contributed by atoms with E-state index < -0.39 is 11.0 Å². The summed E-state index contributed by atoms with van der Waals surface area (Å²) in [5.74, 6) is 2.39. The van der Waals surface area contributed by atoms with Gasteiger partial charge >= 0.3 is 0 Å². The monoisotopic (exact) mass is 410 g/mol. The fraction of sp³-hybridized carbons (Fsp3) is 0.200. The number of hydrogen-bond acceptors (Lipinski definition) is 6. The molecular weight excluding hydrogens is 392 g/mol. The van der Waals surface area contributed by atoms with Gasteiger partial charge in [0.25, 0.3) is 11.6 Å². The van der Waals surface area contributed by atoms with Gasteiger partial charge in [-0.1, -0.05) is 18.2 Å². The summed E-state index contributed by atoms with van der Waals surface area (Å²) in [6.45, 7) is 1.68. The smallest absolute Gasteiger partial charge is 0.269 e. The van der Waals surface area contributed by atoms with E-state index in [1.165, 1.54) is 12.1 Å². The SMILES string of the molecule is C[C@@H](Oc1ccccc1)C(=O)Nc1c2c(nn1-c1ccc([N+](=O)[O-])cc1)CSC2. The number of nitro benzene ring substituents is 1. The number of ether oxygens (including phenoxy) is 1. The summed E-state index contributed by atoms with van der Waals surface area (Å²) >= 11 is 1.72. The van der Waals surface area contributed by atoms with Gasteiger partial charge in [-0.15, -0.1) is 0 Å². The molecule has 29 heavy (non-hydrogen) atoms. The second-order valence-electron chi connectivity index (χ2n) is 6.51. The van der Waals surface area contributed by atoms with Crippen molar-refractivity contribution in [1.82, 2.24) is 9.78 Å². The lowest BCUT2D eigenvalue weighted by molar-refractivity contribution is -0.384. The first-order valence-electron chi connectivity index (χ1n) is 8.99. The molecule has 148 valence electrons. The van der Waals surface area contributed by atoms with Crippen LogP contribution in [0.25, 0.3) is 5.69 Å². The van der Waals surface area contributed by atoms with Crippen LogP contribution in [0.2, 0.25) is 0 Å². The molecule has 0 aliphatic carbocycles. The van der Waals surface area contributed by atoms with E-state index in [2.05, 4.69) is 10.4 Å². The molecule has 1 aromatic heterocycles. The first-order chi connectivity index (χ1) is 14.0. The third kappa shape index (κ3) is 3.95. The van der Waals surface area contributed by atoms with Crippen molar-refractivity contribution in [2.45, 2.75) is 24.5 Å². The van der Waals surface area contributed by atoms with Crippen LogP contribution in [0.3, 0.4) is 0 Å². The number of aromatic nitrogens is 2. The Hall–Kier alpha value is -3.33. The number of thioether (sulfide) groups is 1. The van der Waals surface area contributed by atoms with Gasteiger partial charge in [0.2, 0.25) is 0 Å². The van der Waals surface area contributed by atoms with Crippen molar-refractivity contribution in [3.8, 4) is 11.4 Å². The van der Waals surface area contributed by atoms with Crippen molar-refractivity contribution < 1.29 is 14.5 Å². The van der Waals surface area contributed by atoms with Gasteiger partial charge in [-0.05, 0) is 31.2 Å². The quantitative estimate of drug-likeness (QED) is 0.488. The van der Waals surface area contributed by atoms with Crippen molar-refractivity contribution in [3.05, 3.63) is 76.0 Å². The second-order valence-corrected chi connectivity index (χ2v) is 7.50. The molecule has 1 atom stereocenters. The molecule has 1 aliphatic heterocycles. The van der Waals surface area contributed by atoms with Crippen LogP contribution in [0.5, 0.6) is 5.75 Å². The van der Waals surface area contributed by atoms with E-state index in [1.54, 1.807) is 47.6 Å². The number of benzene rings is 2. The summed E-state index contributed by atoms with van der Waals surface area (Å²) in [5, 5.41) is 18.4. The van der Waals surface area contributed by atoms with E-state index in [0.717, 1.165) is 22.8 Å². The van der Waals surface area contributed by atoms with Crippen LogP contribution in [0, 0.1) is 10.1 Å². The van der Waals surface area contributed by atoms with Crippen molar-refractivity contribution in [2.75, 3.05) is 5.32 Å². The molecule has 0 saturated heterocycles. The van der Waals surface area contributed by atoms with Crippen LogP contribution in [0.4, 0.5) is 11.5 Å². The number of para-hydroxylation sites is 1. The van der Waals surface area contributed by atoms with Gasteiger partial charge in [0, 0.05) is 29.2 Å². The van der Waals surface area contributed by atoms with Gasteiger partial charge in [0.05, 0.1) is 16.3 Å². The largest absolute Gasteiger partial charge is 0.481 e. The number of carbonyl (C=O) groups excluding carboxylic acids is 1. The van der Waals surface area contributed by atoms with Crippen LogP contribution in [0.1, 0.15) is 18.2 Å². The maximum atomic E-state index is 12.8. The van der Waals surface area contributed by atoms with Gasteiger partial charge in [-0.3, -0.25) is 14.9 Å². The molecule has 2 aromatic carbocycles. The number of nitrogens with zero attached hydrogens (tertiary/aromatic N) is 3. The Balaban J connectivity index is 1.59. The topological polar surface area (TPSA) is 99.3 Å². The Kier molecular flexibility index (Phi) is 5.22. The molecule has 0 fully saturated rings. The standard InChI is InChI=1S/C20H18N4O4S/c1-13(28-16-5-3-2-4-6-16)20(25)21-19-17-11-29-12-18(17)22-23(19)14-7-9-15(10-8-14)24(26)27/h2-10,13H,11-12H2,1H3,(H,21,25)/t13-/m1/s1. The van der Waals surface area contributed by atoms with Crippen molar-refractivity contribution in [2.24, 2.45) is 0 Å². The van der Waals surface area contributed by atoms with E-state index in [0.29, 0.717) is 17.3 Å². The highest BCUT2D eigenvalue weighted by atomic mass is 32.2. The molecule has 0 radical (unpaired) electrons. The minimum absolute atomic E-state index is 0.000489. The Morgan fingerprint density at radius 3 is 2.62 bits per heavy atom. The first-order valence-corrected chi connectivity index (χ1v) is 10.1. The molecule has 3 aromatic rings. The van der Waals surface area contributed by atoms with Gasteiger partial charge in [-0.2, -0.15) is 16.9 Å². The summed E-state index contributed by atoms with van der Waals surface area (Å²) in [5.41, 5.74) is 2.51. The van der Waals surface area contributed by atoms with Crippen LogP contribution in [-0.2, 0) is 16.3 Å². The number of rotatable bonds is 6.